The molecule has 0 bridgehead atoms. The summed E-state index contributed by atoms with van der Waals surface area (Å²) in [5, 5.41) is 4.56. The lowest BCUT2D eigenvalue weighted by molar-refractivity contribution is 0.199. The van der Waals surface area contributed by atoms with Crippen LogP contribution >= 0.6 is 11.3 Å². The summed E-state index contributed by atoms with van der Waals surface area (Å²) in [6.45, 7) is 9.11. The summed E-state index contributed by atoms with van der Waals surface area (Å²) in [6, 6.07) is 0. The SMILES string of the molecule is COCCNCCC=C(C)Cc1nc(C)c(C)s1. The van der Waals surface area contributed by atoms with Crippen molar-refractivity contribution in [1.29, 1.82) is 0 Å². The Morgan fingerprint density at radius 2 is 2.17 bits per heavy atom. The zero-order valence-electron chi connectivity index (χ0n) is 11.9. The monoisotopic (exact) mass is 268 g/mol. The van der Waals surface area contributed by atoms with E-state index in [1.54, 1.807) is 7.11 Å². The van der Waals surface area contributed by atoms with Crippen molar-refractivity contribution in [1.82, 2.24) is 10.3 Å². The van der Waals surface area contributed by atoms with Crippen LogP contribution in [0.25, 0.3) is 0 Å². The van der Waals surface area contributed by atoms with Gasteiger partial charge in [-0.2, -0.15) is 0 Å². The predicted molar refractivity (Wildman–Crippen MR) is 78.4 cm³/mol. The largest absolute Gasteiger partial charge is 0.383 e. The van der Waals surface area contributed by atoms with E-state index in [2.05, 4.69) is 37.1 Å². The molecular weight excluding hydrogens is 244 g/mol. The first kappa shape index (κ1) is 15.3. The maximum atomic E-state index is 4.98. The molecule has 0 saturated heterocycles. The Balaban J connectivity index is 2.25. The Bertz CT molecular complexity index is 366. The normalized spacial score (nSPS) is 12.1. The van der Waals surface area contributed by atoms with Crippen molar-refractivity contribution in [3.63, 3.8) is 0 Å². The second-order valence-corrected chi connectivity index (χ2v) is 5.80. The van der Waals surface area contributed by atoms with Crippen LogP contribution in [0.5, 0.6) is 0 Å². The number of ether oxygens (including phenoxy) is 1. The van der Waals surface area contributed by atoms with Gasteiger partial charge in [0.2, 0.25) is 0 Å². The van der Waals surface area contributed by atoms with E-state index in [0.717, 1.165) is 32.5 Å². The Hall–Kier alpha value is -0.710. The van der Waals surface area contributed by atoms with Crippen LogP contribution in [0.15, 0.2) is 11.6 Å². The van der Waals surface area contributed by atoms with Gasteiger partial charge < -0.3 is 10.1 Å². The van der Waals surface area contributed by atoms with Gasteiger partial charge in [0.05, 0.1) is 17.3 Å². The molecule has 0 atom stereocenters. The molecule has 1 aromatic heterocycles. The van der Waals surface area contributed by atoms with Crippen molar-refractivity contribution in [2.24, 2.45) is 0 Å². The van der Waals surface area contributed by atoms with Crippen molar-refractivity contribution >= 4 is 11.3 Å². The quantitative estimate of drug-likeness (QED) is 0.581. The van der Waals surface area contributed by atoms with E-state index >= 15 is 0 Å². The molecule has 3 nitrogen and oxygen atoms in total. The molecule has 0 aliphatic carbocycles. The van der Waals surface area contributed by atoms with Crippen LogP contribution in [-0.2, 0) is 11.2 Å². The average molecular weight is 268 g/mol. The molecule has 0 radical (unpaired) electrons. The van der Waals surface area contributed by atoms with Gasteiger partial charge in [-0.15, -0.1) is 11.3 Å². The topological polar surface area (TPSA) is 34.1 Å². The number of hydrogen-bond donors (Lipinski definition) is 1. The molecule has 1 rings (SSSR count). The third-order valence-corrected chi connectivity index (χ3v) is 3.87. The lowest BCUT2D eigenvalue weighted by atomic mass is 10.2. The van der Waals surface area contributed by atoms with Gasteiger partial charge in [-0.3, -0.25) is 0 Å². The summed E-state index contributed by atoms with van der Waals surface area (Å²) in [6.07, 6.45) is 4.35. The highest BCUT2D eigenvalue weighted by atomic mass is 32.1. The third kappa shape index (κ3) is 5.76. The molecule has 0 aromatic carbocycles. The van der Waals surface area contributed by atoms with Crippen molar-refractivity contribution in [2.75, 3.05) is 26.8 Å². The fourth-order valence-corrected chi connectivity index (χ4v) is 2.67. The molecule has 0 unspecified atom stereocenters. The van der Waals surface area contributed by atoms with Crippen LogP contribution in [0.4, 0.5) is 0 Å². The van der Waals surface area contributed by atoms with Gasteiger partial charge in [-0.05, 0) is 33.7 Å². The minimum absolute atomic E-state index is 0.778. The molecular formula is C14H24N2OS. The van der Waals surface area contributed by atoms with Gasteiger partial charge in [0.25, 0.3) is 0 Å². The van der Waals surface area contributed by atoms with Gasteiger partial charge in [0, 0.05) is 25.0 Å². The molecule has 18 heavy (non-hydrogen) atoms. The molecule has 0 saturated carbocycles. The van der Waals surface area contributed by atoms with E-state index in [9.17, 15) is 0 Å². The number of aryl methyl sites for hydroxylation is 2. The van der Waals surface area contributed by atoms with Crippen molar-refractivity contribution in [2.45, 2.75) is 33.6 Å². The number of rotatable bonds is 8. The first-order valence-electron chi connectivity index (χ1n) is 6.41. The van der Waals surface area contributed by atoms with Gasteiger partial charge in [-0.25, -0.2) is 4.98 Å². The molecule has 0 aliphatic rings. The summed E-state index contributed by atoms with van der Waals surface area (Å²) in [4.78, 5) is 5.90. The van der Waals surface area contributed by atoms with Crippen LogP contribution in [0, 0.1) is 13.8 Å². The fraction of sp³-hybridized carbons (Fsp3) is 0.643. The highest BCUT2D eigenvalue weighted by molar-refractivity contribution is 7.11. The van der Waals surface area contributed by atoms with E-state index in [1.807, 2.05) is 11.3 Å². The summed E-state index contributed by atoms with van der Waals surface area (Å²) < 4.78 is 4.98. The second-order valence-electron chi connectivity index (χ2n) is 4.51. The summed E-state index contributed by atoms with van der Waals surface area (Å²) in [5.41, 5.74) is 2.57. The van der Waals surface area contributed by atoms with Crippen LogP contribution in [0.2, 0.25) is 0 Å². The lowest BCUT2D eigenvalue weighted by Gasteiger charge is -2.02. The Morgan fingerprint density at radius 3 is 2.78 bits per heavy atom. The third-order valence-electron chi connectivity index (χ3n) is 2.80. The molecule has 1 aromatic rings. The zero-order valence-corrected chi connectivity index (χ0v) is 12.7. The lowest BCUT2D eigenvalue weighted by Crippen LogP contribution is -2.19. The summed E-state index contributed by atoms with van der Waals surface area (Å²) >= 11 is 1.81. The highest BCUT2D eigenvalue weighted by Crippen LogP contribution is 2.19. The number of aromatic nitrogens is 1. The first-order valence-corrected chi connectivity index (χ1v) is 7.23. The summed E-state index contributed by atoms with van der Waals surface area (Å²) in [7, 11) is 1.73. The van der Waals surface area contributed by atoms with Crippen molar-refractivity contribution in [3.8, 4) is 0 Å². The smallest absolute Gasteiger partial charge is 0.0971 e. The average Bonchev–Trinajstić information content (AvgIpc) is 2.62. The maximum absolute atomic E-state index is 4.98. The molecule has 1 N–H and O–H groups in total. The molecule has 0 amide bonds. The number of hydrogen-bond acceptors (Lipinski definition) is 4. The Kier molecular flexibility index (Phi) is 7.16. The van der Waals surface area contributed by atoms with E-state index in [0.29, 0.717) is 0 Å². The van der Waals surface area contributed by atoms with Crippen molar-refractivity contribution in [3.05, 3.63) is 27.2 Å². The number of thiazole rings is 1. The molecule has 1 heterocycles. The van der Waals surface area contributed by atoms with Crippen LogP contribution in [0.3, 0.4) is 0 Å². The van der Waals surface area contributed by atoms with E-state index < -0.39 is 0 Å². The molecule has 0 spiro atoms. The predicted octanol–water partition coefficient (Wildman–Crippen LogP) is 2.87. The van der Waals surface area contributed by atoms with E-state index in [-0.39, 0.29) is 0 Å². The first-order chi connectivity index (χ1) is 8.63. The minimum atomic E-state index is 0.778. The summed E-state index contributed by atoms with van der Waals surface area (Å²) in [5.74, 6) is 0. The number of allylic oxidation sites excluding steroid dienone is 1. The number of methoxy groups -OCH3 is 1. The second kappa shape index (κ2) is 8.40. The number of nitrogens with zero attached hydrogens (tertiary/aromatic N) is 1. The van der Waals surface area contributed by atoms with Crippen LogP contribution in [0.1, 0.15) is 28.9 Å². The van der Waals surface area contributed by atoms with Crippen molar-refractivity contribution < 1.29 is 4.74 Å². The van der Waals surface area contributed by atoms with Gasteiger partial charge in [-0.1, -0.05) is 11.6 Å². The highest BCUT2D eigenvalue weighted by Gasteiger charge is 2.03. The maximum Gasteiger partial charge on any atom is 0.0971 e. The number of nitrogens with one attached hydrogen (secondary N) is 1. The van der Waals surface area contributed by atoms with Gasteiger partial charge in [0.1, 0.15) is 0 Å². The fourth-order valence-electron chi connectivity index (χ4n) is 1.65. The minimum Gasteiger partial charge on any atom is -0.383 e. The van der Waals surface area contributed by atoms with Gasteiger partial charge in [0.15, 0.2) is 0 Å². The van der Waals surface area contributed by atoms with Gasteiger partial charge >= 0.3 is 0 Å². The molecule has 0 fully saturated rings. The van der Waals surface area contributed by atoms with E-state index in [1.165, 1.54) is 21.2 Å². The Morgan fingerprint density at radius 1 is 1.39 bits per heavy atom. The Labute approximate surface area is 114 Å². The van der Waals surface area contributed by atoms with Crippen LogP contribution < -0.4 is 5.32 Å². The standard InChI is InChI=1S/C14H24N2OS/c1-11(6-5-7-15-8-9-17-4)10-14-16-12(2)13(3)18-14/h6,15H,5,7-10H2,1-4H3. The molecule has 4 heteroatoms. The molecule has 102 valence electrons. The van der Waals surface area contributed by atoms with Crippen LogP contribution in [-0.4, -0.2) is 31.8 Å². The molecule has 0 aliphatic heterocycles. The zero-order chi connectivity index (χ0) is 13.4. The van der Waals surface area contributed by atoms with E-state index in [4.69, 9.17) is 4.74 Å².